The van der Waals surface area contributed by atoms with Crippen LogP contribution < -0.4 is 16.5 Å². The lowest BCUT2D eigenvalue weighted by Crippen LogP contribution is -2.59. The first-order valence-electron chi connectivity index (χ1n) is 10.2. The van der Waals surface area contributed by atoms with Gasteiger partial charge in [0.05, 0.1) is 30.2 Å². The van der Waals surface area contributed by atoms with E-state index in [9.17, 15) is 14.9 Å². The normalized spacial score (nSPS) is 20.0. The van der Waals surface area contributed by atoms with Crippen molar-refractivity contribution in [1.82, 2.24) is 15.3 Å². The number of likely N-dealkylation sites (tertiary alicyclic amines) is 1. The van der Waals surface area contributed by atoms with Gasteiger partial charge in [-0.15, -0.1) is 0 Å². The molecule has 3 rings (SSSR count). The van der Waals surface area contributed by atoms with E-state index < -0.39 is 23.7 Å². The molecule has 0 aromatic heterocycles. The number of carbonyl (C=O) groups excluding carboxylic acids is 2. The summed E-state index contributed by atoms with van der Waals surface area (Å²) in [5.74, 6) is -0.547. The number of carbonyl (C=O) groups is 2. The molecule has 2 heterocycles. The molecule has 4 N–H and O–H groups in total. The molecule has 2 aliphatic heterocycles. The zero-order valence-electron chi connectivity index (χ0n) is 17.5. The van der Waals surface area contributed by atoms with Gasteiger partial charge >= 0.3 is 6.09 Å². The predicted octanol–water partition coefficient (Wildman–Crippen LogP) is 1.15. The maximum Gasteiger partial charge on any atom is 0.409 e. The molecule has 166 valence electrons. The molecule has 1 aromatic carbocycles. The number of benzene rings is 1. The van der Waals surface area contributed by atoms with E-state index in [1.54, 1.807) is 18.2 Å². The molecule has 0 radical (unpaired) electrons. The fraction of sp³-hybridized carbons (Fsp3) is 0.476. The third-order valence-electron chi connectivity index (χ3n) is 5.60. The molecule has 2 amide bonds. The standard InChI is InChI=1S/C21H28N6O4/c1-30-13-14-31-20(29)26-11-8-21(7-10-22,9-12-26)27-15-17(18(23)28)19(25-27)24-16-5-3-2-4-6-16/h2-6,15,19,24-25H,7-9,11-14H2,1H3,(H2,23,28). The van der Waals surface area contributed by atoms with Crippen LogP contribution in [0.4, 0.5) is 10.5 Å². The molecule has 10 heteroatoms. The number of amides is 2. The van der Waals surface area contributed by atoms with Crippen molar-refractivity contribution >= 4 is 17.7 Å². The van der Waals surface area contributed by atoms with Crippen LogP contribution in [0.15, 0.2) is 42.1 Å². The number of nitriles is 1. The lowest BCUT2D eigenvalue weighted by atomic mass is 9.84. The quantitative estimate of drug-likeness (QED) is 0.525. The first-order chi connectivity index (χ1) is 15.0. The Bertz CT molecular complexity index is 845. The van der Waals surface area contributed by atoms with Crippen molar-refractivity contribution in [1.29, 1.82) is 5.26 Å². The minimum Gasteiger partial charge on any atom is -0.447 e. The first kappa shape index (κ1) is 22.4. The highest BCUT2D eigenvalue weighted by Crippen LogP contribution is 2.34. The van der Waals surface area contributed by atoms with Crippen LogP contribution >= 0.6 is 0 Å². The van der Waals surface area contributed by atoms with Crippen LogP contribution in [0.5, 0.6) is 0 Å². The number of methoxy groups -OCH3 is 1. The minimum atomic E-state index is -0.578. The van der Waals surface area contributed by atoms with Crippen molar-refractivity contribution in [3.05, 3.63) is 42.1 Å². The second kappa shape index (κ2) is 10.1. The number of rotatable bonds is 8. The van der Waals surface area contributed by atoms with Crippen molar-refractivity contribution < 1.29 is 19.1 Å². The molecule has 10 nitrogen and oxygen atoms in total. The number of nitrogens with one attached hydrogen (secondary N) is 2. The van der Waals surface area contributed by atoms with E-state index in [0.29, 0.717) is 38.1 Å². The molecule has 1 saturated heterocycles. The molecule has 0 spiro atoms. The number of para-hydroxylation sites is 1. The summed E-state index contributed by atoms with van der Waals surface area (Å²) in [5.41, 5.74) is 9.52. The molecule has 1 aromatic rings. The second-order valence-electron chi connectivity index (χ2n) is 7.54. The Morgan fingerprint density at radius 1 is 1.29 bits per heavy atom. The fourth-order valence-corrected chi connectivity index (χ4v) is 3.81. The fourth-order valence-electron chi connectivity index (χ4n) is 3.81. The third kappa shape index (κ3) is 5.25. The summed E-state index contributed by atoms with van der Waals surface area (Å²) >= 11 is 0. The topological polar surface area (TPSA) is 133 Å². The van der Waals surface area contributed by atoms with Gasteiger partial charge in [-0.25, -0.2) is 10.2 Å². The van der Waals surface area contributed by atoms with E-state index >= 15 is 0 Å². The molecule has 0 saturated carbocycles. The van der Waals surface area contributed by atoms with Gasteiger partial charge < -0.3 is 30.4 Å². The Labute approximate surface area is 181 Å². The van der Waals surface area contributed by atoms with Gasteiger partial charge in [0.25, 0.3) is 0 Å². The summed E-state index contributed by atoms with van der Waals surface area (Å²) in [5, 5.41) is 14.6. The number of piperidine rings is 1. The van der Waals surface area contributed by atoms with E-state index in [1.807, 2.05) is 35.3 Å². The Hall–Kier alpha value is -3.29. The highest BCUT2D eigenvalue weighted by Gasteiger charge is 2.44. The van der Waals surface area contributed by atoms with E-state index in [0.717, 1.165) is 5.69 Å². The van der Waals surface area contributed by atoms with Crippen molar-refractivity contribution in [2.24, 2.45) is 5.73 Å². The highest BCUT2D eigenvalue weighted by atomic mass is 16.6. The van der Waals surface area contributed by atoms with Gasteiger partial charge in [0.1, 0.15) is 12.8 Å². The van der Waals surface area contributed by atoms with Crippen molar-refractivity contribution in [3.63, 3.8) is 0 Å². The second-order valence-corrected chi connectivity index (χ2v) is 7.54. The van der Waals surface area contributed by atoms with E-state index in [4.69, 9.17) is 15.2 Å². The molecule has 1 atom stereocenters. The molecule has 0 bridgehead atoms. The predicted molar refractivity (Wildman–Crippen MR) is 113 cm³/mol. The number of ether oxygens (including phenoxy) is 2. The third-order valence-corrected chi connectivity index (χ3v) is 5.60. The monoisotopic (exact) mass is 428 g/mol. The van der Waals surface area contributed by atoms with Gasteiger partial charge in [0, 0.05) is 32.1 Å². The van der Waals surface area contributed by atoms with E-state index in [-0.39, 0.29) is 13.0 Å². The van der Waals surface area contributed by atoms with Gasteiger partial charge in [-0.1, -0.05) is 18.2 Å². The molecule has 1 fully saturated rings. The maximum atomic E-state index is 12.2. The summed E-state index contributed by atoms with van der Waals surface area (Å²) in [4.78, 5) is 25.9. The SMILES string of the molecule is COCCOC(=O)N1CCC(CC#N)(N2C=C(C(N)=O)C(Nc3ccccc3)N2)CC1. The number of hydrazine groups is 1. The molecule has 0 aliphatic carbocycles. The van der Waals surface area contributed by atoms with Crippen LogP contribution in [0.2, 0.25) is 0 Å². The zero-order chi connectivity index (χ0) is 22.3. The molecular weight excluding hydrogens is 400 g/mol. The Balaban J connectivity index is 1.70. The summed E-state index contributed by atoms with van der Waals surface area (Å²) in [6.45, 7) is 1.40. The smallest absolute Gasteiger partial charge is 0.409 e. The first-order valence-corrected chi connectivity index (χ1v) is 10.2. The Kier molecular flexibility index (Phi) is 7.33. The summed E-state index contributed by atoms with van der Waals surface area (Å²) < 4.78 is 10.1. The van der Waals surface area contributed by atoms with Crippen molar-refractivity contribution in [2.75, 3.05) is 38.7 Å². The summed E-state index contributed by atoms with van der Waals surface area (Å²) in [6.07, 6.45) is 2.06. The number of anilines is 1. The molecule has 1 unspecified atom stereocenters. The van der Waals surface area contributed by atoms with Crippen LogP contribution in [0.1, 0.15) is 19.3 Å². The Morgan fingerprint density at radius 2 is 2.00 bits per heavy atom. The Morgan fingerprint density at radius 3 is 2.61 bits per heavy atom. The minimum absolute atomic E-state index is 0.195. The molecule has 2 aliphatic rings. The summed E-state index contributed by atoms with van der Waals surface area (Å²) in [7, 11) is 1.54. The van der Waals surface area contributed by atoms with Crippen LogP contribution in [0, 0.1) is 11.3 Å². The number of nitrogens with zero attached hydrogens (tertiary/aromatic N) is 3. The number of nitrogens with two attached hydrogens (primary N) is 1. The average molecular weight is 428 g/mol. The van der Waals surface area contributed by atoms with Gasteiger partial charge in [-0.2, -0.15) is 5.26 Å². The van der Waals surface area contributed by atoms with Crippen LogP contribution in [-0.2, 0) is 14.3 Å². The highest BCUT2D eigenvalue weighted by molar-refractivity contribution is 5.94. The number of primary amides is 1. The molecule has 31 heavy (non-hydrogen) atoms. The zero-order valence-corrected chi connectivity index (χ0v) is 17.5. The van der Waals surface area contributed by atoms with Crippen LogP contribution in [0.3, 0.4) is 0 Å². The summed E-state index contributed by atoms with van der Waals surface area (Å²) in [6, 6.07) is 11.7. The maximum absolute atomic E-state index is 12.2. The van der Waals surface area contributed by atoms with Crippen molar-refractivity contribution in [3.8, 4) is 6.07 Å². The van der Waals surface area contributed by atoms with Crippen LogP contribution in [-0.4, -0.2) is 67.0 Å². The van der Waals surface area contributed by atoms with Gasteiger partial charge in [0.2, 0.25) is 5.91 Å². The largest absolute Gasteiger partial charge is 0.447 e. The lowest BCUT2D eigenvalue weighted by Gasteiger charge is -2.46. The average Bonchev–Trinajstić information content (AvgIpc) is 3.20. The van der Waals surface area contributed by atoms with Crippen LogP contribution in [0.25, 0.3) is 0 Å². The van der Waals surface area contributed by atoms with Gasteiger partial charge in [-0.05, 0) is 25.0 Å². The lowest BCUT2D eigenvalue weighted by molar-refractivity contribution is -0.114. The number of hydrogen-bond donors (Lipinski definition) is 3. The molecular formula is C21H28N6O4. The van der Waals surface area contributed by atoms with E-state index in [1.165, 1.54) is 0 Å². The van der Waals surface area contributed by atoms with Gasteiger partial charge in [-0.3, -0.25) is 4.79 Å². The van der Waals surface area contributed by atoms with E-state index in [2.05, 4.69) is 16.8 Å². The van der Waals surface area contributed by atoms with Gasteiger partial charge in [0.15, 0.2) is 0 Å². The van der Waals surface area contributed by atoms with Crippen molar-refractivity contribution in [2.45, 2.75) is 31.0 Å². The number of hydrogen-bond acceptors (Lipinski definition) is 8.